The van der Waals surface area contributed by atoms with Crippen molar-refractivity contribution < 1.29 is 9.90 Å². The second-order valence-electron chi connectivity index (χ2n) is 12.1. The molecular weight excluding hydrogens is 454 g/mol. The summed E-state index contributed by atoms with van der Waals surface area (Å²) in [7, 11) is 0. The summed E-state index contributed by atoms with van der Waals surface area (Å²) in [5, 5.41) is 9.91. The third kappa shape index (κ3) is 4.13. The number of hydrogen-bond acceptors (Lipinski definition) is 4. The van der Waals surface area contributed by atoms with Crippen LogP contribution < -0.4 is 11.2 Å². The summed E-state index contributed by atoms with van der Waals surface area (Å²) >= 11 is 0. The molecule has 1 aromatic heterocycles. The molecule has 3 heterocycles. The highest BCUT2D eigenvalue weighted by Crippen LogP contribution is 2.48. The lowest BCUT2D eigenvalue weighted by atomic mass is 9.64. The molecule has 4 fully saturated rings. The average molecular weight is 494 g/mol. The highest BCUT2D eigenvalue weighted by Gasteiger charge is 2.46. The van der Waals surface area contributed by atoms with Crippen molar-refractivity contribution in [3.63, 3.8) is 0 Å². The minimum Gasteiger partial charge on any atom is -0.480 e. The molecule has 7 nitrogen and oxygen atoms in total. The molecule has 2 aliphatic carbocycles. The Balaban J connectivity index is 1.31. The van der Waals surface area contributed by atoms with Crippen molar-refractivity contribution in [3.05, 3.63) is 45.1 Å². The Morgan fingerprint density at radius 3 is 2.19 bits per heavy atom. The zero-order valence-electron chi connectivity index (χ0n) is 21.3. The average Bonchev–Trinajstić information content (AvgIpc) is 2.85. The topological polar surface area (TPSA) is 84.5 Å². The first-order valence-electron chi connectivity index (χ1n) is 14.2. The molecule has 1 unspecified atom stereocenters. The van der Waals surface area contributed by atoms with Crippen molar-refractivity contribution in [2.45, 2.75) is 108 Å². The lowest BCUT2D eigenvalue weighted by Gasteiger charge is -2.55. The van der Waals surface area contributed by atoms with Gasteiger partial charge >= 0.3 is 11.7 Å². The Morgan fingerprint density at radius 1 is 0.889 bits per heavy atom. The van der Waals surface area contributed by atoms with Gasteiger partial charge in [0.2, 0.25) is 0 Å². The summed E-state index contributed by atoms with van der Waals surface area (Å²) in [6, 6.07) is 8.18. The molecule has 4 aliphatic rings. The minimum atomic E-state index is -1.08. The van der Waals surface area contributed by atoms with Crippen LogP contribution in [0, 0.1) is 17.8 Å². The maximum atomic E-state index is 13.6. The number of rotatable bonds is 5. The normalized spacial score (nSPS) is 34.5. The Bertz CT molecular complexity index is 1240. The number of fused-ring (bicyclic) bond motifs is 5. The highest BCUT2D eigenvalue weighted by atomic mass is 16.4. The summed E-state index contributed by atoms with van der Waals surface area (Å²) in [5.41, 5.74) is -0.343. The van der Waals surface area contributed by atoms with Gasteiger partial charge in [-0.25, -0.2) is 4.79 Å². The maximum absolute atomic E-state index is 13.6. The lowest BCUT2D eigenvalue weighted by Crippen LogP contribution is -2.59. The number of carboxylic acid groups (broad SMARTS) is 1. The van der Waals surface area contributed by atoms with Crippen LogP contribution in [-0.4, -0.2) is 43.2 Å². The summed E-state index contributed by atoms with van der Waals surface area (Å²) < 4.78 is 2.68. The smallest absolute Gasteiger partial charge is 0.332 e. The predicted molar refractivity (Wildman–Crippen MR) is 139 cm³/mol. The highest BCUT2D eigenvalue weighted by molar-refractivity contribution is 5.79. The van der Waals surface area contributed by atoms with Gasteiger partial charge in [-0.05, 0) is 87.7 Å². The first kappa shape index (κ1) is 24.0. The number of aromatic nitrogens is 2. The molecule has 2 saturated heterocycles. The van der Waals surface area contributed by atoms with E-state index in [-0.39, 0.29) is 11.6 Å². The monoisotopic (exact) mass is 493 g/mol. The zero-order chi connectivity index (χ0) is 25.0. The third-order valence-corrected chi connectivity index (χ3v) is 9.96. The molecule has 194 valence electrons. The first-order valence-corrected chi connectivity index (χ1v) is 14.2. The van der Waals surface area contributed by atoms with Crippen LogP contribution in [0.2, 0.25) is 0 Å². The second-order valence-corrected chi connectivity index (χ2v) is 12.1. The molecule has 1 aromatic carbocycles. The van der Waals surface area contributed by atoms with E-state index in [1.165, 1.54) is 54.1 Å². The van der Waals surface area contributed by atoms with Crippen LogP contribution >= 0.6 is 0 Å². The third-order valence-electron chi connectivity index (χ3n) is 9.96. The van der Waals surface area contributed by atoms with Gasteiger partial charge in [0.15, 0.2) is 0 Å². The molecule has 0 amide bonds. The standard InChI is InChI=1S/C29H39N3O4/c1-2-18-10-19-12-20(11-18)14-23(13-19)31-21-6-5-7-22(31)16-24(15-21)32-28(35)25-8-3-4-9-26(25)30(29(32)36)17-27(33)34/h3-4,8-9,18-24H,2,5-7,10-17H2,1H3,(H,33,34)/t18?,19-,20+,21-,22+,23+,24+. The van der Waals surface area contributed by atoms with Crippen molar-refractivity contribution in [1.82, 2.24) is 14.0 Å². The van der Waals surface area contributed by atoms with Gasteiger partial charge in [-0.2, -0.15) is 0 Å². The Labute approximate surface area is 212 Å². The second kappa shape index (κ2) is 9.47. The molecule has 4 bridgehead atoms. The Hall–Kier alpha value is -2.41. The molecule has 1 N–H and O–H groups in total. The molecule has 2 aliphatic heterocycles. The van der Waals surface area contributed by atoms with Crippen LogP contribution in [0.25, 0.3) is 10.9 Å². The van der Waals surface area contributed by atoms with Gasteiger partial charge in [0.1, 0.15) is 6.54 Å². The molecule has 2 aromatic rings. The van der Waals surface area contributed by atoms with Gasteiger partial charge < -0.3 is 5.11 Å². The fraction of sp³-hybridized carbons (Fsp3) is 0.690. The molecular formula is C29H39N3O4. The molecule has 36 heavy (non-hydrogen) atoms. The van der Waals surface area contributed by atoms with Crippen LogP contribution in [0.15, 0.2) is 33.9 Å². The van der Waals surface area contributed by atoms with Crippen LogP contribution in [0.4, 0.5) is 0 Å². The number of benzene rings is 1. The molecule has 7 atom stereocenters. The van der Waals surface area contributed by atoms with Crippen molar-refractivity contribution in [3.8, 4) is 0 Å². The van der Waals surface area contributed by atoms with Gasteiger partial charge in [0.25, 0.3) is 5.56 Å². The maximum Gasteiger partial charge on any atom is 0.332 e. The van der Waals surface area contributed by atoms with Gasteiger partial charge in [0, 0.05) is 24.2 Å². The molecule has 7 heteroatoms. The summed E-state index contributed by atoms with van der Waals surface area (Å²) in [4.78, 5) is 41.6. The van der Waals surface area contributed by atoms with Crippen LogP contribution in [0.1, 0.15) is 83.6 Å². The van der Waals surface area contributed by atoms with Crippen molar-refractivity contribution in [2.24, 2.45) is 17.8 Å². The largest absolute Gasteiger partial charge is 0.480 e. The summed E-state index contributed by atoms with van der Waals surface area (Å²) in [5.74, 6) is 1.55. The number of piperidine rings is 2. The van der Waals surface area contributed by atoms with Crippen LogP contribution in [-0.2, 0) is 11.3 Å². The van der Waals surface area contributed by atoms with E-state index < -0.39 is 18.2 Å². The fourth-order valence-electron chi connectivity index (χ4n) is 8.68. The Morgan fingerprint density at radius 2 is 1.56 bits per heavy atom. The number of carboxylic acids is 1. The van der Waals surface area contributed by atoms with Gasteiger partial charge in [-0.1, -0.05) is 31.9 Å². The number of hydrogen-bond donors (Lipinski definition) is 1. The number of carbonyl (C=O) groups is 1. The Kier molecular flexibility index (Phi) is 6.30. The number of aliphatic carboxylic acids is 1. The van der Waals surface area contributed by atoms with Gasteiger partial charge in [0.05, 0.1) is 10.9 Å². The van der Waals surface area contributed by atoms with Crippen LogP contribution in [0.5, 0.6) is 0 Å². The molecule has 0 radical (unpaired) electrons. The summed E-state index contributed by atoms with van der Waals surface area (Å²) in [6.45, 7) is 1.91. The van der Waals surface area contributed by atoms with Crippen molar-refractivity contribution in [1.29, 1.82) is 0 Å². The van der Waals surface area contributed by atoms with E-state index >= 15 is 0 Å². The quantitative estimate of drug-likeness (QED) is 0.667. The van der Waals surface area contributed by atoms with E-state index in [0.717, 1.165) is 43.4 Å². The van der Waals surface area contributed by atoms with E-state index in [1.807, 2.05) is 0 Å². The minimum absolute atomic E-state index is 0.172. The SMILES string of the molecule is CCC1C[C@@H]2C[C@H](C1)C[C@@H](N1[C@@H]3CCC[C@H]1C[C@@H](n1c(=O)c4ccccc4n(CC(=O)O)c1=O)C3)C2. The number of para-hydroxylation sites is 1. The van der Waals surface area contributed by atoms with Crippen molar-refractivity contribution >= 4 is 16.9 Å². The molecule has 2 saturated carbocycles. The van der Waals surface area contributed by atoms with Crippen LogP contribution in [0.3, 0.4) is 0 Å². The zero-order valence-corrected chi connectivity index (χ0v) is 21.3. The van der Waals surface area contributed by atoms with E-state index in [2.05, 4.69) is 11.8 Å². The van der Waals surface area contributed by atoms with E-state index in [4.69, 9.17) is 0 Å². The van der Waals surface area contributed by atoms with E-state index in [0.29, 0.717) is 29.0 Å². The van der Waals surface area contributed by atoms with E-state index in [1.54, 1.807) is 24.3 Å². The summed E-state index contributed by atoms with van der Waals surface area (Å²) in [6.07, 6.45) is 13.2. The van der Waals surface area contributed by atoms with Gasteiger partial charge in [-0.15, -0.1) is 0 Å². The number of nitrogens with zero attached hydrogens (tertiary/aromatic N) is 3. The van der Waals surface area contributed by atoms with E-state index in [9.17, 15) is 19.5 Å². The van der Waals surface area contributed by atoms with Crippen molar-refractivity contribution in [2.75, 3.05) is 0 Å². The first-order chi connectivity index (χ1) is 17.4. The molecule has 6 rings (SSSR count). The van der Waals surface area contributed by atoms with Gasteiger partial charge in [-0.3, -0.25) is 23.6 Å². The predicted octanol–water partition coefficient (Wildman–Crippen LogP) is 4.41. The lowest BCUT2D eigenvalue weighted by molar-refractivity contribution is -0.137. The fourth-order valence-corrected chi connectivity index (χ4v) is 8.68. The molecule has 0 spiro atoms.